The van der Waals surface area contributed by atoms with Gasteiger partial charge in [0, 0.05) is 6.42 Å². The molecule has 0 bridgehead atoms. The first-order valence-corrected chi connectivity index (χ1v) is 7.57. The molecule has 0 fully saturated rings. The van der Waals surface area contributed by atoms with Gasteiger partial charge >= 0.3 is 23.9 Å². The lowest BCUT2D eigenvalue weighted by Gasteiger charge is -2.35. The summed E-state index contributed by atoms with van der Waals surface area (Å²) in [7, 11) is -5.74. The summed E-state index contributed by atoms with van der Waals surface area (Å²) in [6.07, 6.45) is -12.4. The number of carbonyl (C=O) groups is 1. The highest BCUT2D eigenvalue weighted by molar-refractivity contribution is 7.85. The monoisotopic (exact) mass is 360 g/mol. The second kappa shape index (κ2) is 7.02. The lowest BCUT2D eigenvalue weighted by molar-refractivity contribution is -0.361. The van der Waals surface area contributed by atoms with Gasteiger partial charge in [-0.1, -0.05) is 19.8 Å². The molecule has 0 rings (SSSR count). The Balaban J connectivity index is 5.63. The fraction of sp³-hybridized carbons (Fsp3) is 0.900. The molecule has 0 radical (unpaired) electrons. The van der Waals surface area contributed by atoms with Gasteiger partial charge in [-0.15, -0.1) is 0 Å². The van der Waals surface area contributed by atoms with Gasteiger partial charge in [0.1, 0.15) is 5.75 Å². The maximum absolute atomic E-state index is 12.8. The number of unbranched alkanes of at least 4 members (excludes halogenated alkanes) is 2. The van der Waals surface area contributed by atoms with Gasteiger partial charge in [-0.05, 0) is 6.42 Å². The van der Waals surface area contributed by atoms with Crippen LogP contribution in [0.4, 0.5) is 26.3 Å². The van der Waals surface area contributed by atoms with Crippen LogP contribution in [0, 0.1) is 0 Å². The standard InChI is InChI=1S/C10H14F6O5S/c1-2-3-4-5-7(17)21-8(9(11,12)13,10(14,15)16)6-22(18,19)20/h2-6H2,1H3,(H,18,19,20). The Bertz CT molecular complexity index is 467. The van der Waals surface area contributed by atoms with Crippen LogP contribution < -0.4 is 0 Å². The molecule has 0 aromatic heterocycles. The molecule has 0 unspecified atom stereocenters. The van der Waals surface area contributed by atoms with Crippen molar-refractivity contribution in [2.24, 2.45) is 0 Å². The van der Waals surface area contributed by atoms with Crippen molar-refractivity contribution < 1.29 is 48.8 Å². The van der Waals surface area contributed by atoms with Crippen LogP contribution in [0.3, 0.4) is 0 Å². The maximum Gasteiger partial charge on any atom is 0.438 e. The van der Waals surface area contributed by atoms with Crippen molar-refractivity contribution in [1.29, 1.82) is 0 Å². The Morgan fingerprint density at radius 3 is 1.82 bits per heavy atom. The Kier molecular flexibility index (Phi) is 6.69. The zero-order valence-corrected chi connectivity index (χ0v) is 12.1. The lowest BCUT2D eigenvalue weighted by atomic mass is 10.1. The van der Waals surface area contributed by atoms with E-state index < -0.39 is 46.2 Å². The van der Waals surface area contributed by atoms with Crippen molar-refractivity contribution in [2.45, 2.75) is 50.6 Å². The molecule has 0 aliphatic carbocycles. The molecule has 0 aromatic carbocycles. The number of ether oxygens (including phenoxy) is 1. The molecular formula is C10H14F6O5S. The summed E-state index contributed by atoms with van der Waals surface area (Å²) in [5.41, 5.74) is -5.31. The van der Waals surface area contributed by atoms with Crippen molar-refractivity contribution >= 4 is 16.1 Å². The van der Waals surface area contributed by atoms with Crippen LogP contribution in [0.15, 0.2) is 0 Å². The van der Waals surface area contributed by atoms with E-state index in [0.717, 1.165) is 0 Å². The molecule has 0 aliphatic rings. The van der Waals surface area contributed by atoms with Gasteiger partial charge in [-0.3, -0.25) is 9.35 Å². The normalized spacial score (nSPS) is 14.0. The molecule has 0 amide bonds. The van der Waals surface area contributed by atoms with Crippen molar-refractivity contribution in [3.63, 3.8) is 0 Å². The van der Waals surface area contributed by atoms with Crippen LogP contribution in [0.25, 0.3) is 0 Å². The minimum atomic E-state index is -6.28. The Morgan fingerprint density at radius 2 is 1.50 bits per heavy atom. The summed E-state index contributed by atoms with van der Waals surface area (Å²) >= 11 is 0. The molecule has 22 heavy (non-hydrogen) atoms. The highest BCUT2D eigenvalue weighted by Gasteiger charge is 2.75. The highest BCUT2D eigenvalue weighted by Crippen LogP contribution is 2.47. The van der Waals surface area contributed by atoms with E-state index in [1.165, 1.54) is 0 Å². The zero-order valence-electron chi connectivity index (χ0n) is 11.3. The third-order valence-corrected chi connectivity index (χ3v) is 3.35. The van der Waals surface area contributed by atoms with Crippen LogP contribution in [0.5, 0.6) is 0 Å². The lowest BCUT2D eigenvalue weighted by Crippen LogP contribution is -2.63. The van der Waals surface area contributed by atoms with Crippen LogP contribution in [-0.2, 0) is 19.6 Å². The summed E-state index contributed by atoms with van der Waals surface area (Å²) in [5, 5.41) is 0. The fourth-order valence-corrected chi connectivity index (χ4v) is 2.39. The van der Waals surface area contributed by atoms with Crippen molar-refractivity contribution in [3.8, 4) is 0 Å². The third-order valence-electron chi connectivity index (χ3n) is 2.57. The zero-order chi connectivity index (χ0) is 17.8. The van der Waals surface area contributed by atoms with E-state index in [2.05, 4.69) is 4.74 Å². The van der Waals surface area contributed by atoms with Crippen molar-refractivity contribution in [3.05, 3.63) is 0 Å². The maximum atomic E-state index is 12.8. The SMILES string of the molecule is CCCCCC(=O)OC(CS(=O)(=O)O)(C(F)(F)F)C(F)(F)F. The van der Waals surface area contributed by atoms with Gasteiger partial charge in [-0.25, -0.2) is 0 Å². The molecule has 12 heteroatoms. The largest absolute Gasteiger partial charge is 0.438 e. The van der Waals surface area contributed by atoms with E-state index >= 15 is 0 Å². The molecule has 0 aliphatic heterocycles. The summed E-state index contributed by atoms with van der Waals surface area (Å²) in [5.74, 6) is -4.71. The number of hydrogen-bond donors (Lipinski definition) is 1. The first-order chi connectivity index (χ1) is 9.66. The summed E-state index contributed by atoms with van der Waals surface area (Å²) < 4.78 is 110. The van der Waals surface area contributed by atoms with E-state index in [1.54, 1.807) is 6.92 Å². The van der Waals surface area contributed by atoms with Crippen LogP contribution in [0.2, 0.25) is 0 Å². The van der Waals surface area contributed by atoms with Gasteiger partial charge in [0.2, 0.25) is 0 Å². The molecule has 132 valence electrons. The summed E-state index contributed by atoms with van der Waals surface area (Å²) in [4.78, 5) is 11.2. The van der Waals surface area contributed by atoms with Gasteiger partial charge in [-0.2, -0.15) is 34.8 Å². The first kappa shape index (κ1) is 21.0. The second-order valence-electron chi connectivity index (χ2n) is 4.48. The highest BCUT2D eigenvalue weighted by atomic mass is 32.2. The smallest absolute Gasteiger partial charge is 0.438 e. The third kappa shape index (κ3) is 5.63. The van der Waals surface area contributed by atoms with E-state index in [-0.39, 0.29) is 6.42 Å². The molecule has 0 aromatic rings. The molecule has 1 N–H and O–H groups in total. The molecule has 0 saturated heterocycles. The predicted octanol–water partition coefficient (Wildman–Crippen LogP) is 2.86. The van der Waals surface area contributed by atoms with Crippen molar-refractivity contribution in [1.82, 2.24) is 0 Å². The number of carbonyl (C=O) groups excluding carboxylic acids is 1. The molecular weight excluding hydrogens is 346 g/mol. The van der Waals surface area contributed by atoms with Gasteiger partial charge in [0.15, 0.2) is 0 Å². The minimum absolute atomic E-state index is 0.0208. The van der Waals surface area contributed by atoms with E-state index in [9.17, 15) is 39.6 Å². The molecule has 5 nitrogen and oxygen atoms in total. The average Bonchev–Trinajstić information content (AvgIpc) is 2.23. The van der Waals surface area contributed by atoms with E-state index in [4.69, 9.17) is 4.55 Å². The molecule has 0 saturated carbocycles. The molecule has 0 atom stereocenters. The Hall–Kier alpha value is -1.04. The first-order valence-electron chi connectivity index (χ1n) is 5.97. The predicted molar refractivity (Wildman–Crippen MR) is 61.5 cm³/mol. The Labute approximate surface area is 122 Å². The molecule has 0 heterocycles. The van der Waals surface area contributed by atoms with E-state index in [0.29, 0.717) is 12.8 Å². The van der Waals surface area contributed by atoms with Gasteiger partial charge < -0.3 is 4.74 Å². The quantitative estimate of drug-likeness (QED) is 0.327. The summed E-state index contributed by atoms with van der Waals surface area (Å²) in [6, 6.07) is 0. The molecule has 0 spiro atoms. The van der Waals surface area contributed by atoms with Gasteiger partial charge in [0.25, 0.3) is 10.1 Å². The number of hydrogen-bond acceptors (Lipinski definition) is 4. The average molecular weight is 360 g/mol. The van der Waals surface area contributed by atoms with Crippen molar-refractivity contribution in [2.75, 3.05) is 5.75 Å². The Morgan fingerprint density at radius 1 is 1.05 bits per heavy atom. The second-order valence-corrected chi connectivity index (χ2v) is 5.93. The topological polar surface area (TPSA) is 80.7 Å². The van der Waals surface area contributed by atoms with Gasteiger partial charge in [0.05, 0.1) is 0 Å². The minimum Gasteiger partial charge on any atom is -0.438 e. The number of alkyl halides is 6. The number of rotatable bonds is 7. The van der Waals surface area contributed by atoms with Crippen LogP contribution in [-0.4, -0.2) is 42.6 Å². The summed E-state index contributed by atoms with van der Waals surface area (Å²) in [6.45, 7) is 1.68. The number of halogens is 6. The fourth-order valence-electron chi connectivity index (χ4n) is 1.49. The van der Waals surface area contributed by atoms with Crippen LogP contribution >= 0.6 is 0 Å². The number of esters is 1. The van der Waals surface area contributed by atoms with Crippen LogP contribution in [0.1, 0.15) is 32.6 Å². The van der Waals surface area contributed by atoms with E-state index in [1.807, 2.05) is 0 Å².